The number of aliphatic carboxylic acids is 1. The van der Waals surface area contributed by atoms with Crippen LogP contribution in [0.2, 0.25) is 0 Å². The van der Waals surface area contributed by atoms with Crippen molar-refractivity contribution in [2.45, 2.75) is 19.3 Å². The fourth-order valence-electron chi connectivity index (χ4n) is 2.03. The number of benzene rings is 1. The van der Waals surface area contributed by atoms with Crippen LogP contribution in [0.25, 0.3) is 0 Å². The molecule has 3 heteroatoms. The maximum Gasteiger partial charge on any atom is 0.314 e. The monoisotopic (exact) mass is 204 g/mol. The Hall–Kier alpha value is -1.64. The molecule has 15 heavy (non-hydrogen) atoms. The van der Waals surface area contributed by atoms with Crippen molar-refractivity contribution >= 4 is 11.8 Å². The third-order valence-corrected chi connectivity index (χ3v) is 2.84. The molecule has 0 bridgehead atoms. The zero-order valence-corrected chi connectivity index (χ0v) is 8.27. The molecule has 0 spiro atoms. The minimum atomic E-state index is -1.00. The number of fused-ring (bicyclic) bond motifs is 1. The molecule has 0 fully saturated rings. The van der Waals surface area contributed by atoms with Crippen LogP contribution in [0.5, 0.6) is 0 Å². The normalized spacial score (nSPS) is 20.5. The average molecular weight is 204 g/mol. The van der Waals surface area contributed by atoms with Crippen molar-refractivity contribution in [3.05, 3.63) is 35.4 Å². The second-order valence-corrected chi connectivity index (χ2v) is 3.80. The van der Waals surface area contributed by atoms with Gasteiger partial charge in [0.25, 0.3) is 0 Å². The molecule has 0 saturated heterocycles. The zero-order chi connectivity index (χ0) is 10.8. The summed E-state index contributed by atoms with van der Waals surface area (Å²) >= 11 is 0. The first-order valence-electron chi connectivity index (χ1n) is 5.05. The standard InChI is InChI=1S/C12H12O3/c13-11-9-6-2-1-4-8(9)5-3-7-10(11)12(14)15/h1-2,4,6,10H,3,5,7H2,(H,14,15). The number of carbonyl (C=O) groups excluding carboxylic acids is 1. The topological polar surface area (TPSA) is 54.4 Å². The van der Waals surface area contributed by atoms with E-state index in [1.807, 2.05) is 12.1 Å². The van der Waals surface area contributed by atoms with Crippen molar-refractivity contribution < 1.29 is 14.7 Å². The lowest BCUT2D eigenvalue weighted by Crippen LogP contribution is -2.23. The lowest BCUT2D eigenvalue weighted by molar-refractivity contribution is -0.140. The van der Waals surface area contributed by atoms with Crippen molar-refractivity contribution in [2.24, 2.45) is 5.92 Å². The number of carbonyl (C=O) groups is 2. The van der Waals surface area contributed by atoms with Crippen LogP contribution in [0, 0.1) is 5.92 Å². The van der Waals surface area contributed by atoms with Crippen LogP contribution in [0.4, 0.5) is 0 Å². The first-order chi connectivity index (χ1) is 7.20. The summed E-state index contributed by atoms with van der Waals surface area (Å²) in [7, 11) is 0. The van der Waals surface area contributed by atoms with Gasteiger partial charge in [-0.05, 0) is 24.8 Å². The first kappa shape index (κ1) is 9.90. The van der Waals surface area contributed by atoms with Crippen molar-refractivity contribution in [3.63, 3.8) is 0 Å². The quantitative estimate of drug-likeness (QED) is 0.561. The molecule has 0 aliphatic heterocycles. The number of rotatable bonds is 1. The number of hydrogen-bond donors (Lipinski definition) is 1. The van der Waals surface area contributed by atoms with E-state index in [0.717, 1.165) is 18.4 Å². The summed E-state index contributed by atoms with van der Waals surface area (Å²) in [5.74, 6) is -2.10. The molecule has 0 saturated carbocycles. The average Bonchev–Trinajstić information content (AvgIpc) is 2.39. The van der Waals surface area contributed by atoms with Crippen LogP contribution in [-0.2, 0) is 11.2 Å². The van der Waals surface area contributed by atoms with Gasteiger partial charge in [0.1, 0.15) is 5.92 Å². The Balaban J connectivity index is 2.43. The number of ketones is 1. The smallest absolute Gasteiger partial charge is 0.314 e. The largest absolute Gasteiger partial charge is 0.481 e. The molecule has 1 aromatic carbocycles. The SMILES string of the molecule is O=C(O)C1CCCc2ccccc2C1=O. The lowest BCUT2D eigenvalue weighted by Gasteiger charge is -2.07. The van der Waals surface area contributed by atoms with Gasteiger partial charge >= 0.3 is 5.97 Å². The molecular formula is C12H12O3. The molecule has 78 valence electrons. The van der Waals surface area contributed by atoms with Gasteiger partial charge in [-0.15, -0.1) is 0 Å². The van der Waals surface area contributed by atoms with Gasteiger partial charge < -0.3 is 5.11 Å². The van der Waals surface area contributed by atoms with E-state index in [2.05, 4.69) is 0 Å². The van der Waals surface area contributed by atoms with Gasteiger partial charge in [0, 0.05) is 5.56 Å². The highest BCUT2D eigenvalue weighted by molar-refractivity contribution is 6.09. The van der Waals surface area contributed by atoms with Crippen molar-refractivity contribution in [2.75, 3.05) is 0 Å². The Morgan fingerprint density at radius 2 is 2.07 bits per heavy atom. The molecule has 0 radical (unpaired) electrons. The van der Waals surface area contributed by atoms with Crippen molar-refractivity contribution in [3.8, 4) is 0 Å². The highest BCUT2D eigenvalue weighted by Gasteiger charge is 2.30. The van der Waals surface area contributed by atoms with E-state index >= 15 is 0 Å². The van der Waals surface area contributed by atoms with Gasteiger partial charge in [0.2, 0.25) is 0 Å². The fraction of sp³-hybridized carbons (Fsp3) is 0.333. The zero-order valence-electron chi connectivity index (χ0n) is 8.27. The number of Topliss-reactive ketones (excluding diaryl/α,β-unsaturated/α-hetero) is 1. The summed E-state index contributed by atoms with van der Waals surface area (Å²) in [6.07, 6.45) is 2.01. The van der Waals surface area contributed by atoms with E-state index in [4.69, 9.17) is 5.11 Å². The van der Waals surface area contributed by atoms with Crippen LogP contribution < -0.4 is 0 Å². The maximum absolute atomic E-state index is 11.9. The van der Waals surface area contributed by atoms with Gasteiger partial charge in [-0.3, -0.25) is 9.59 Å². The Morgan fingerprint density at radius 1 is 1.33 bits per heavy atom. The molecule has 0 aromatic heterocycles. The number of carboxylic acids is 1. The molecular weight excluding hydrogens is 192 g/mol. The number of carboxylic acid groups (broad SMARTS) is 1. The molecule has 1 aliphatic rings. The molecule has 1 aromatic rings. The van der Waals surface area contributed by atoms with Gasteiger partial charge in [-0.25, -0.2) is 0 Å². The summed E-state index contributed by atoms with van der Waals surface area (Å²) in [5, 5.41) is 8.94. The van der Waals surface area contributed by atoms with Gasteiger partial charge in [-0.2, -0.15) is 0 Å². The summed E-state index contributed by atoms with van der Waals surface area (Å²) in [6, 6.07) is 7.28. The highest BCUT2D eigenvalue weighted by atomic mass is 16.4. The number of aryl methyl sites for hydroxylation is 1. The molecule has 1 atom stereocenters. The Labute approximate surface area is 87.7 Å². The number of hydrogen-bond acceptors (Lipinski definition) is 2. The van der Waals surface area contributed by atoms with Crippen molar-refractivity contribution in [1.82, 2.24) is 0 Å². The van der Waals surface area contributed by atoms with Crippen LogP contribution in [0.1, 0.15) is 28.8 Å². The first-order valence-corrected chi connectivity index (χ1v) is 5.05. The lowest BCUT2D eigenvalue weighted by atomic mass is 9.95. The van der Waals surface area contributed by atoms with E-state index in [9.17, 15) is 9.59 Å². The minimum absolute atomic E-state index is 0.240. The van der Waals surface area contributed by atoms with Crippen LogP contribution in [0.15, 0.2) is 24.3 Å². The fourth-order valence-corrected chi connectivity index (χ4v) is 2.03. The van der Waals surface area contributed by atoms with E-state index < -0.39 is 11.9 Å². The molecule has 0 amide bonds. The third-order valence-electron chi connectivity index (χ3n) is 2.84. The third kappa shape index (κ3) is 1.77. The van der Waals surface area contributed by atoms with E-state index in [-0.39, 0.29) is 5.78 Å². The van der Waals surface area contributed by atoms with Gasteiger partial charge in [0.15, 0.2) is 5.78 Å². The van der Waals surface area contributed by atoms with E-state index in [1.54, 1.807) is 12.1 Å². The Kier molecular flexibility index (Phi) is 2.54. The second-order valence-electron chi connectivity index (χ2n) is 3.80. The van der Waals surface area contributed by atoms with E-state index in [1.165, 1.54) is 0 Å². The minimum Gasteiger partial charge on any atom is -0.481 e. The van der Waals surface area contributed by atoms with Crippen LogP contribution in [0.3, 0.4) is 0 Å². The Morgan fingerprint density at radius 3 is 2.80 bits per heavy atom. The Bertz CT molecular complexity index is 409. The van der Waals surface area contributed by atoms with Gasteiger partial charge in [-0.1, -0.05) is 24.3 Å². The molecule has 1 N–H and O–H groups in total. The highest BCUT2D eigenvalue weighted by Crippen LogP contribution is 2.24. The van der Waals surface area contributed by atoms with Gasteiger partial charge in [0.05, 0.1) is 0 Å². The molecule has 0 heterocycles. The summed E-state index contributed by atoms with van der Waals surface area (Å²) in [5.41, 5.74) is 1.56. The van der Waals surface area contributed by atoms with Crippen LogP contribution >= 0.6 is 0 Å². The summed E-state index contributed by atoms with van der Waals surface area (Å²) in [4.78, 5) is 22.8. The predicted octanol–water partition coefficient (Wildman–Crippen LogP) is 1.91. The molecule has 1 aliphatic carbocycles. The van der Waals surface area contributed by atoms with Crippen LogP contribution in [-0.4, -0.2) is 16.9 Å². The summed E-state index contributed by atoms with van der Waals surface area (Å²) in [6.45, 7) is 0. The van der Waals surface area contributed by atoms with E-state index in [0.29, 0.717) is 12.0 Å². The van der Waals surface area contributed by atoms with Crippen molar-refractivity contribution in [1.29, 1.82) is 0 Å². The molecule has 1 unspecified atom stereocenters. The molecule has 2 rings (SSSR count). The second kappa shape index (κ2) is 3.85. The maximum atomic E-state index is 11.9. The summed E-state index contributed by atoms with van der Waals surface area (Å²) < 4.78 is 0. The predicted molar refractivity (Wildman–Crippen MR) is 54.8 cm³/mol. The molecule has 3 nitrogen and oxygen atoms in total.